The first-order chi connectivity index (χ1) is 8.60. The second-order valence-electron chi connectivity index (χ2n) is 5.23. The smallest absolute Gasteiger partial charge is 0.0702 e. The predicted octanol–water partition coefficient (Wildman–Crippen LogP) is 2.33. The van der Waals surface area contributed by atoms with Crippen LogP contribution in [0, 0.1) is 5.92 Å². The molecule has 0 saturated carbocycles. The highest BCUT2D eigenvalue weighted by Crippen LogP contribution is 2.26. The van der Waals surface area contributed by atoms with Crippen molar-refractivity contribution in [2.24, 2.45) is 5.92 Å². The summed E-state index contributed by atoms with van der Waals surface area (Å²) in [4.78, 5) is 4.65. The lowest BCUT2D eigenvalue weighted by molar-refractivity contribution is 0.282. The largest absolute Gasteiger partial charge is 0.392 e. The number of aliphatic hydroxyl groups excluding tert-OH is 1. The van der Waals surface area contributed by atoms with E-state index in [2.05, 4.69) is 45.9 Å². The third-order valence-electron chi connectivity index (χ3n) is 3.65. The number of aliphatic hydroxyl groups is 1. The summed E-state index contributed by atoms with van der Waals surface area (Å²) in [5, 5.41) is 9.41. The summed E-state index contributed by atoms with van der Waals surface area (Å²) in [6, 6.07) is 6.05. The molecule has 1 aromatic carbocycles. The molecule has 1 saturated heterocycles. The molecule has 2 rings (SSSR count). The Kier molecular flexibility index (Phi) is 4.65. The van der Waals surface area contributed by atoms with Gasteiger partial charge in [-0.25, -0.2) is 0 Å². The number of hydrogen-bond acceptors (Lipinski definition) is 3. The van der Waals surface area contributed by atoms with Gasteiger partial charge in [-0.05, 0) is 38.1 Å². The zero-order chi connectivity index (χ0) is 13.1. The quantitative estimate of drug-likeness (QED) is 0.924. The zero-order valence-electron chi connectivity index (χ0n) is 11.1. The van der Waals surface area contributed by atoms with Crippen LogP contribution in [0.5, 0.6) is 0 Å². The van der Waals surface area contributed by atoms with Crippen LogP contribution in [0.2, 0.25) is 0 Å². The number of hydrogen-bond donors (Lipinski definition) is 1. The van der Waals surface area contributed by atoms with E-state index >= 15 is 0 Å². The topological polar surface area (TPSA) is 26.7 Å². The molecule has 1 atom stereocenters. The summed E-state index contributed by atoms with van der Waals surface area (Å²) in [5.74, 6) is 0.727. The molecule has 0 spiro atoms. The Labute approximate surface area is 118 Å². The first-order valence-corrected chi connectivity index (χ1v) is 7.18. The minimum absolute atomic E-state index is 0.0948. The summed E-state index contributed by atoms with van der Waals surface area (Å²) >= 11 is 3.50. The highest BCUT2D eigenvalue weighted by Gasteiger charge is 2.21. The SMILES string of the molecule is CN1CCC(CN(C)c2cc(Br)ccc2CO)C1. The van der Waals surface area contributed by atoms with Crippen LogP contribution in [-0.2, 0) is 6.61 Å². The van der Waals surface area contributed by atoms with Gasteiger partial charge in [0, 0.05) is 35.9 Å². The molecule has 0 amide bonds. The maximum absolute atomic E-state index is 9.41. The lowest BCUT2D eigenvalue weighted by Crippen LogP contribution is -2.28. The van der Waals surface area contributed by atoms with Crippen molar-refractivity contribution < 1.29 is 5.11 Å². The Bertz CT molecular complexity index is 411. The Morgan fingerprint density at radius 2 is 2.28 bits per heavy atom. The van der Waals surface area contributed by atoms with Crippen LogP contribution in [0.1, 0.15) is 12.0 Å². The molecule has 1 heterocycles. The van der Waals surface area contributed by atoms with Gasteiger partial charge in [-0.2, -0.15) is 0 Å². The highest BCUT2D eigenvalue weighted by molar-refractivity contribution is 9.10. The Morgan fingerprint density at radius 1 is 1.50 bits per heavy atom. The molecule has 0 bridgehead atoms. The zero-order valence-corrected chi connectivity index (χ0v) is 12.7. The molecule has 0 radical (unpaired) electrons. The molecule has 18 heavy (non-hydrogen) atoms. The van der Waals surface area contributed by atoms with Crippen LogP contribution in [0.3, 0.4) is 0 Å². The van der Waals surface area contributed by atoms with Gasteiger partial charge in [0.1, 0.15) is 0 Å². The van der Waals surface area contributed by atoms with E-state index in [1.165, 1.54) is 19.5 Å². The number of benzene rings is 1. The fourth-order valence-electron chi connectivity index (χ4n) is 2.69. The van der Waals surface area contributed by atoms with Crippen LogP contribution in [0.15, 0.2) is 22.7 Å². The molecule has 1 aliphatic rings. The van der Waals surface area contributed by atoms with Gasteiger partial charge in [0.2, 0.25) is 0 Å². The summed E-state index contributed by atoms with van der Waals surface area (Å²) < 4.78 is 1.06. The summed E-state index contributed by atoms with van der Waals surface area (Å²) in [6.45, 7) is 3.52. The van der Waals surface area contributed by atoms with Crippen LogP contribution >= 0.6 is 15.9 Å². The third-order valence-corrected chi connectivity index (χ3v) is 4.14. The van der Waals surface area contributed by atoms with Crippen molar-refractivity contribution in [3.05, 3.63) is 28.2 Å². The highest BCUT2D eigenvalue weighted by atomic mass is 79.9. The molecule has 0 aromatic heterocycles. The van der Waals surface area contributed by atoms with E-state index in [0.29, 0.717) is 0 Å². The van der Waals surface area contributed by atoms with E-state index in [1.54, 1.807) is 0 Å². The third kappa shape index (κ3) is 3.25. The van der Waals surface area contributed by atoms with Crippen molar-refractivity contribution in [3.63, 3.8) is 0 Å². The molecule has 3 nitrogen and oxygen atoms in total. The molecular weight excluding hydrogens is 292 g/mol. The van der Waals surface area contributed by atoms with Crippen LogP contribution in [0.25, 0.3) is 0 Å². The van der Waals surface area contributed by atoms with Gasteiger partial charge in [0.05, 0.1) is 6.61 Å². The summed E-state index contributed by atoms with van der Waals surface area (Å²) in [7, 11) is 4.29. The molecular formula is C14H21BrN2O. The van der Waals surface area contributed by atoms with Gasteiger partial charge in [-0.3, -0.25) is 0 Å². The Morgan fingerprint density at radius 3 is 2.89 bits per heavy atom. The van der Waals surface area contributed by atoms with E-state index in [9.17, 15) is 5.11 Å². The molecule has 1 aliphatic heterocycles. The standard InChI is InChI=1S/C14H21BrN2O/c1-16-6-5-11(8-16)9-17(2)14-7-13(15)4-3-12(14)10-18/h3-4,7,11,18H,5-6,8-10H2,1-2H3. The number of anilines is 1. The minimum atomic E-state index is 0.0948. The maximum Gasteiger partial charge on any atom is 0.0702 e. The van der Waals surface area contributed by atoms with E-state index in [0.717, 1.165) is 28.2 Å². The van der Waals surface area contributed by atoms with Crippen molar-refractivity contribution in [3.8, 4) is 0 Å². The number of rotatable bonds is 4. The molecule has 4 heteroatoms. The van der Waals surface area contributed by atoms with Gasteiger partial charge >= 0.3 is 0 Å². The molecule has 1 fully saturated rings. The lowest BCUT2D eigenvalue weighted by Gasteiger charge is -2.25. The van der Waals surface area contributed by atoms with Gasteiger partial charge in [0.25, 0.3) is 0 Å². The normalized spacial score (nSPS) is 20.3. The average molecular weight is 313 g/mol. The summed E-state index contributed by atoms with van der Waals surface area (Å²) in [6.07, 6.45) is 1.27. The summed E-state index contributed by atoms with van der Waals surface area (Å²) in [5.41, 5.74) is 2.12. The fourth-order valence-corrected chi connectivity index (χ4v) is 3.04. The van der Waals surface area contributed by atoms with E-state index in [1.807, 2.05) is 12.1 Å². The van der Waals surface area contributed by atoms with E-state index < -0.39 is 0 Å². The predicted molar refractivity (Wildman–Crippen MR) is 78.9 cm³/mol. The number of likely N-dealkylation sites (tertiary alicyclic amines) is 1. The van der Waals surface area contributed by atoms with Crippen molar-refractivity contribution >= 4 is 21.6 Å². The van der Waals surface area contributed by atoms with Crippen LogP contribution < -0.4 is 4.90 Å². The molecule has 1 N–H and O–H groups in total. The lowest BCUT2D eigenvalue weighted by atomic mass is 10.1. The van der Waals surface area contributed by atoms with E-state index in [4.69, 9.17) is 0 Å². The first-order valence-electron chi connectivity index (χ1n) is 6.39. The van der Waals surface area contributed by atoms with Gasteiger partial charge in [-0.15, -0.1) is 0 Å². The van der Waals surface area contributed by atoms with Gasteiger partial charge in [0.15, 0.2) is 0 Å². The van der Waals surface area contributed by atoms with Crippen molar-refractivity contribution in [2.75, 3.05) is 38.6 Å². The number of halogens is 1. The average Bonchev–Trinajstić information content (AvgIpc) is 2.74. The van der Waals surface area contributed by atoms with Crippen LogP contribution in [0.4, 0.5) is 5.69 Å². The molecule has 1 unspecified atom stereocenters. The monoisotopic (exact) mass is 312 g/mol. The second-order valence-corrected chi connectivity index (χ2v) is 6.14. The molecule has 100 valence electrons. The maximum atomic E-state index is 9.41. The van der Waals surface area contributed by atoms with Crippen molar-refractivity contribution in [1.82, 2.24) is 4.90 Å². The van der Waals surface area contributed by atoms with Crippen molar-refractivity contribution in [2.45, 2.75) is 13.0 Å². The second kappa shape index (κ2) is 6.04. The molecule has 0 aliphatic carbocycles. The van der Waals surface area contributed by atoms with Gasteiger partial charge < -0.3 is 14.9 Å². The number of nitrogens with zero attached hydrogens (tertiary/aromatic N) is 2. The Balaban J connectivity index is 2.08. The first kappa shape index (κ1) is 13.8. The van der Waals surface area contributed by atoms with Crippen LogP contribution in [-0.4, -0.2) is 43.7 Å². The Hall–Kier alpha value is -0.580. The van der Waals surface area contributed by atoms with Gasteiger partial charge in [-0.1, -0.05) is 22.0 Å². The van der Waals surface area contributed by atoms with Crippen molar-refractivity contribution in [1.29, 1.82) is 0 Å². The van der Waals surface area contributed by atoms with E-state index in [-0.39, 0.29) is 6.61 Å². The molecule has 1 aromatic rings. The minimum Gasteiger partial charge on any atom is -0.392 e. The fraction of sp³-hybridized carbons (Fsp3) is 0.571.